The summed E-state index contributed by atoms with van der Waals surface area (Å²) >= 11 is 0. The topological polar surface area (TPSA) is 77.8 Å². The first-order valence-corrected chi connectivity index (χ1v) is 5.29. The van der Waals surface area contributed by atoms with Crippen molar-refractivity contribution in [2.45, 2.75) is 25.3 Å². The predicted octanol–water partition coefficient (Wildman–Crippen LogP) is -0.310. The summed E-state index contributed by atoms with van der Waals surface area (Å²) in [5, 5.41) is 17.8. The van der Waals surface area contributed by atoms with E-state index in [1.165, 1.54) is 0 Å². The summed E-state index contributed by atoms with van der Waals surface area (Å²) in [5.41, 5.74) is 0. The van der Waals surface area contributed by atoms with Gasteiger partial charge in [0, 0.05) is 6.54 Å². The standard InChI is InChI=1S/C10H15NO4/c12-5-6-2-1-3-11(6)9(13)7-4-8(7)10(14)15/h6-8,12H,1-5H2,(H,14,15)/t6-,7?,8?/m0/s1. The molecule has 0 aromatic heterocycles. The van der Waals surface area contributed by atoms with Gasteiger partial charge in [-0.3, -0.25) is 9.59 Å². The van der Waals surface area contributed by atoms with Gasteiger partial charge in [-0.15, -0.1) is 0 Å². The molecule has 0 spiro atoms. The average Bonchev–Trinajstić information content (AvgIpc) is 2.88. The molecule has 1 aliphatic carbocycles. The zero-order valence-electron chi connectivity index (χ0n) is 8.43. The van der Waals surface area contributed by atoms with Crippen molar-refractivity contribution in [3.63, 3.8) is 0 Å². The first-order valence-electron chi connectivity index (χ1n) is 5.29. The fourth-order valence-corrected chi connectivity index (χ4v) is 2.27. The van der Waals surface area contributed by atoms with Gasteiger partial charge in [0.25, 0.3) is 0 Å². The number of carbonyl (C=O) groups excluding carboxylic acids is 1. The summed E-state index contributed by atoms with van der Waals surface area (Å²) in [5.74, 6) is -1.79. The number of aliphatic carboxylic acids is 1. The average molecular weight is 213 g/mol. The highest BCUT2D eigenvalue weighted by Crippen LogP contribution is 2.41. The molecule has 1 saturated carbocycles. The summed E-state index contributed by atoms with van der Waals surface area (Å²) < 4.78 is 0. The highest BCUT2D eigenvalue weighted by atomic mass is 16.4. The van der Waals surface area contributed by atoms with Gasteiger partial charge in [0.05, 0.1) is 24.5 Å². The molecule has 0 aromatic rings. The fraction of sp³-hybridized carbons (Fsp3) is 0.800. The lowest BCUT2D eigenvalue weighted by Crippen LogP contribution is -2.39. The van der Waals surface area contributed by atoms with E-state index < -0.39 is 11.9 Å². The zero-order valence-corrected chi connectivity index (χ0v) is 8.43. The Morgan fingerprint density at radius 3 is 2.60 bits per heavy atom. The molecule has 84 valence electrons. The molecule has 2 rings (SSSR count). The van der Waals surface area contributed by atoms with Gasteiger partial charge in [-0.1, -0.05) is 0 Å². The van der Waals surface area contributed by atoms with E-state index in [1.807, 2.05) is 0 Å². The van der Waals surface area contributed by atoms with E-state index in [2.05, 4.69) is 0 Å². The number of nitrogens with zero attached hydrogens (tertiary/aromatic N) is 1. The van der Waals surface area contributed by atoms with Crippen LogP contribution >= 0.6 is 0 Å². The molecule has 2 aliphatic rings. The third kappa shape index (κ3) is 1.84. The molecule has 1 aliphatic heterocycles. The maximum Gasteiger partial charge on any atom is 0.307 e. The third-order valence-corrected chi connectivity index (χ3v) is 3.30. The Bertz CT molecular complexity index is 291. The van der Waals surface area contributed by atoms with E-state index in [1.54, 1.807) is 4.90 Å². The molecule has 3 atom stereocenters. The van der Waals surface area contributed by atoms with Crippen LogP contribution in [-0.2, 0) is 9.59 Å². The van der Waals surface area contributed by atoms with Crippen molar-refractivity contribution in [3.05, 3.63) is 0 Å². The highest BCUT2D eigenvalue weighted by molar-refractivity contribution is 5.89. The number of amides is 1. The highest BCUT2D eigenvalue weighted by Gasteiger charge is 2.51. The molecule has 2 N–H and O–H groups in total. The van der Waals surface area contributed by atoms with Crippen LogP contribution in [0.25, 0.3) is 0 Å². The molecule has 2 fully saturated rings. The zero-order chi connectivity index (χ0) is 11.0. The van der Waals surface area contributed by atoms with Gasteiger partial charge < -0.3 is 15.1 Å². The number of carboxylic acid groups (broad SMARTS) is 1. The summed E-state index contributed by atoms with van der Waals surface area (Å²) in [6.45, 7) is 0.642. The van der Waals surface area contributed by atoms with Crippen LogP contribution in [0, 0.1) is 11.8 Å². The lowest BCUT2D eigenvalue weighted by Gasteiger charge is -2.22. The lowest BCUT2D eigenvalue weighted by atomic mass is 10.2. The van der Waals surface area contributed by atoms with Gasteiger partial charge in [0.15, 0.2) is 0 Å². The molecule has 0 aromatic carbocycles. The van der Waals surface area contributed by atoms with E-state index in [0.717, 1.165) is 12.8 Å². The molecule has 2 unspecified atom stereocenters. The molecular weight excluding hydrogens is 198 g/mol. The monoisotopic (exact) mass is 213 g/mol. The van der Waals surface area contributed by atoms with E-state index in [0.29, 0.717) is 13.0 Å². The molecule has 5 heteroatoms. The van der Waals surface area contributed by atoms with Crippen LogP contribution in [0.4, 0.5) is 0 Å². The quantitative estimate of drug-likeness (QED) is 0.674. The molecule has 1 saturated heterocycles. The number of hydrogen-bond acceptors (Lipinski definition) is 3. The van der Waals surface area contributed by atoms with Crippen LogP contribution in [0.2, 0.25) is 0 Å². The van der Waals surface area contributed by atoms with Gasteiger partial charge in [0.2, 0.25) is 5.91 Å². The smallest absolute Gasteiger partial charge is 0.307 e. The third-order valence-electron chi connectivity index (χ3n) is 3.30. The Morgan fingerprint density at radius 1 is 1.33 bits per heavy atom. The minimum absolute atomic E-state index is 0.0177. The molecule has 1 amide bonds. The van der Waals surface area contributed by atoms with E-state index in [9.17, 15) is 9.59 Å². The number of hydrogen-bond donors (Lipinski definition) is 2. The van der Waals surface area contributed by atoms with Crippen LogP contribution < -0.4 is 0 Å². The van der Waals surface area contributed by atoms with Gasteiger partial charge in [0.1, 0.15) is 0 Å². The lowest BCUT2D eigenvalue weighted by molar-refractivity contribution is -0.142. The van der Waals surface area contributed by atoms with Crippen LogP contribution in [0.3, 0.4) is 0 Å². The largest absolute Gasteiger partial charge is 0.481 e. The van der Waals surface area contributed by atoms with Crippen molar-refractivity contribution in [2.75, 3.05) is 13.2 Å². The predicted molar refractivity (Wildman–Crippen MR) is 51.1 cm³/mol. The van der Waals surface area contributed by atoms with Gasteiger partial charge in [-0.25, -0.2) is 0 Å². The number of aliphatic hydroxyl groups excluding tert-OH is 1. The summed E-state index contributed by atoms with van der Waals surface area (Å²) in [6, 6.07) is -0.0902. The van der Waals surface area contributed by atoms with Gasteiger partial charge >= 0.3 is 5.97 Å². The van der Waals surface area contributed by atoms with E-state index in [-0.39, 0.29) is 24.5 Å². The summed E-state index contributed by atoms with van der Waals surface area (Å²) in [7, 11) is 0. The Balaban J connectivity index is 1.94. The van der Waals surface area contributed by atoms with Crippen molar-refractivity contribution >= 4 is 11.9 Å². The van der Waals surface area contributed by atoms with Crippen LogP contribution in [0.15, 0.2) is 0 Å². The first-order chi connectivity index (χ1) is 7.15. The summed E-state index contributed by atoms with van der Waals surface area (Å²) in [4.78, 5) is 24.1. The van der Waals surface area contributed by atoms with Crippen molar-refractivity contribution in [1.82, 2.24) is 4.90 Å². The second-order valence-corrected chi connectivity index (χ2v) is 4.30. The molecule has 1 heterocycles. The molecule has 0 bridgehead atoms. The van der Waals surface area contributed by atoms with Gasteiger partial charge in [-0.05, 0) is 19.3 Å². The fourth-order valence-electron chi connectivity index (χ4n) is 2.27. The maximum absolute atomic E-state index is 11.8. The van der Waals surface area contributed by atoms with Crippen molar-refractivity contribution < 1.29 is 19.8 Å². The number of rotatable bonds is 3. The van der Waals surface area contributed by atoms with Crippen LogP contribution in [0.1, 0.15) is 19.3 Å². The van der Waals surface area contributed by atoms with Crippen LogP contribution in [-0.4, -0.2) is 46.2 Å². The second-order valence-electron chi connectivity index (χ2n) is 4.30. The molecule has 0 radical (unpaired) electrons. The van der Waals surface area contributed by atoms with E-state index in [4.69, 9.17) is 10.2 Å². The van der Waals surface area contributed by atoms with Crippen molar-refractivity contribution in [1.29, 1.82) is 0 Å². The molecular formula is C10H15NO4. The van der Waals surface area contributed by atoms with Crippen LogP contribution in [0.5, 0.6) is 0 Å². The number of aliphatic hydroxyl groups is 1. The van der Waals surface area contributed by atoms with E-state index >= 15 is 0 Å². The minimum atomic E-state index is -0.881. The number of carbonyl (C=O) groups is 2. The Labute approximate surface area is 87.7 Å². The van der Waals surface area contributed by atoms with Crippen molar-refractivity contribution in [2.24, 2.45) is 11.8 Å². The second kappa shape index (κ2) is 3.81. The normalized spacial score (nSPS) is 34.2. The molecule has 5 nitrogen and oxygen atoms in total. The maximum atomic E-state index is 11.8. The number of carboxylic acids is 1. The first kappa shape index (κ1) is 10.4. The number of likely N-dealkylation sites (tertiary alicyclic amines) is 1. The minimum Gasteiger partial charge on any atom is -0.481 e. The Hall–Kier alpha value is -1.10. The molecule has 15 heavy (non-hydrogen) atoms. The SMILES string of the molecule is O=C(O)C1CC1C(=O)N1CCC[C@H]1CO. The van der Waals surface area contributed by atoms with Crippen molar-refractivity contribution in [3.8, 4) is 0 Å². The van der Waals surface area contributed by atoms with Gasteiger partial charge in [-0.2, -0.15) is 0 Å². The summed E-state index contributed by atoms with van der Waals surface area (Å²) in [6.07, 6.45) is 2.19. The Morgan fingerprint density at radius 2 is 2.07 bits per heavy atom. The Kier molecular flexibility index (Phi) is 2.65.